The molecule has 1 atom stereocenters. The summed E-state index contributed by atoms with van der Waals surface area (Å²) >= 11 is 0. The molecule has 0 aromatic heterocycles. The lowest BCUT2D eigenvalue weighted by molar-refractivity contribution is 0.0483. The summed E-state index contributed by atoms with van der Waals surface area (Å²) in [6.07, 6.45) is 3.87. The van der Waals surface area contributed by atoms with Crippen molar-refractivity contribution in [2.45, 2.75) is 64.6 Å². The fourth-order valence-electron chi connectivity index (χ4n) is 3.92. The third-order valence-electron chi connectivity index (χ3n) is 5.34. The van der Waals surface area contributed by atoms with Gasteiger partial charge in [0.15, 0.2) is 0 Å². The van der Waals surface area contributed by atoms with Gasteiger partial charge in [-0.05, 0) is 42.6 Å². The maximum Gasteiger partial charge on any atom is 0.407 e. The van der Waals surface area contributed by atoms with Crippen LogP contribution >= 0.6 is 0 Å². The van der Waals surface area contributed by atoms with E-state index in [1.807, 2.05) is 45.1 Å². The minimum Gasteiger partial charge on any atom is -0.444 e. The zero-order valence-electron chi connectivity index (χ0n) is 20.8. The molecule has 1 unspecified atom stereocenters. The van der Waals surface area contributed by atoms with E-state index in [4.69, 9.17) is 9.16 Å². The molecule has 2 N–H and O–H groups in total. The van der Waals surface area contributed by atoms with Crippen LogP contribution in [0.1, 0.15) is 48.0 Å². The van der Waals surface area contributed by atoms with E-state index in [1.54, 1.807) is 0 Å². The van der Waals surface area contributed by atoms with Crippen molar-refractivity contribution in [3.63, 3.8) is 0 Å². The summed E-state index contributed by atoms with van der Waals surface area (Å²) < 4.78 is 12.1. The standard InChI is InChI=1S/C27H39NO4Si/c1-26(2,3)32-25(30)28-22(21-29)15-13-14-20-31-33(27(4,5)6,23-16-9-7-10-17-23)24-18-11-8-12-19-24/h7-14,16-19,22,29H,15,20-21H2,1-6H3,(H,28,30)/b14-13-. The maximum absolute atomic E-state index is 12.0. The Morgan fingerprint density at radius 3 is 1.88 bits per heavy atom. The van der Waals surface area contributed by atoms with Crippen molar-refractivity contribution in [1.29, 1.82) is 0 Å². The van der Waals surface area contributed by atoms with Gasteiger partial charge in [0.1, 0.15) is 5.60 Å². The fourth-order valence-corrected chi connectivity index (χ4v) is 8.42. The first-order valence-corrected chi connectivity index (χ1v) is 13.4. The molecule has 2 aromatic rings. The summed E-state index contributed by atoms with van der Waals surface area (Å²) in [6, 6.07) is 20.6. The highest BCUT2D eigenvalue weighted by atomic mass is 28.4. The number of carbonyl (C=O) groups is 1. The highest BCUT2D eigenvalue weighted by molar-refractivity contribution is 6.99. The van der Waals surface area contributed by atoms with Crippen molar-refractivity contribution < 1.29 is 19.1 Å². The first kappa shape index (κ1) is 26.8. The smallest absolute Gasteiger partial charge is 0.407 e. The Balaban J connectivity index is 2.15. The van der Waals surface area contributed by atoms with Gasteiger partial charge in [-0.2, -0.15) is 0 Å². The maximum atomic E-state index is 12.0. The molecule has 6 heteroatoms. The van der Waals surface area contributed by atoms with Crippen LogP contribution in [0.3, 0.4) is 0 Å². The molecule has 180 valence electrons. The molecular formula is C27H39NO4Si. The van der Waals surface area contributed by atoms with Gasteiger partial charge in [-0.15, -0.1) is 0 Å². The predicted octanol–water partition coefficient (Wildman–Crippen LogP) is 4.39. The Bertz CT molecular complexity index is 846. The van der Waals surface area contributed by atoms with Gasteiger partial charge in [-0.3, -0.25) is 0 Å². The number of aliphatic hydroxyl groups excluding tert-OH is 1. The van der Waals surface area contributed by atoms with Crippen LogP contribution in [0.5, 0.6) is 0 Å². The molecule has 0 radical (unpaired) electrons. The monoisotopic (exact) mass is 469 g/mol. The fraction of sp³-hybridized carbons (Fsp3) is 0.444. The predicted molar refractivity (Wildman–Crippen MR) is 138 cm³/mol. The zero-order valence-corrected chi connectivity index (χ0v) is 21.8. The SMILES string of the molecule is CC(C)(C)OC(=O)NC(CO)C/C=C\CO[Si](c1ccccc1)(c1ccccc1)C(C)(C)C. The largest absolute Gasteiger partial charge is 0.444 e. The number of rotatable bonds is 9. The molecule has 1 amide bonds. The highest BCUT2D eigenvalue weighted by Gasteiger charge is 2.49. The number of ether oxygens (including phenoxy) is 1. The van der Waals surface area contributed by atoms with E-state index in [0.29, 0.717) is 13.0 Å². The summed E-state index contributed by atoms with van der Waals surface area (Å²) in [7, 11) is -2.58. The number of hydrogen-bond donors (Lipinski definition) is 2. The number of hydrogen-bond acceptors (Lipinski definition) is 4. The van der Waals surface area contributed by atoms with Crippen molar-refractivity contribution in [3.8, 4) is 0 Å². The average molecular weight is 470 g/mol. The third kappa shape index (κ3) is 7.56. The molecule has 0 aliphatic heterocycles. The van der Waals surface area contributed by atoms with Crippen molar-refractivity contribution >= 4 is 24.8 Å². The van der Waals surface area contributed by atoms with E-state index in [1.165, 1.54) is 10.4 Å². The molecule has 0 saturated heterocycles. The van der Waals surface area contributed by atoms with Crippen molar-refractivity contribution in [2.24, 2.45) is 0 Å². The van der Waals surface area contributed by atoms with Gasteiger partial charge in [0.2, 0.25) is 0 Å². The molecule has 0 aliphatic rings. The van der Waals surface area contributed by atoms with Crippen molar-refractivity contribution in [1.82, 2.24) is 5.32 Å². The minimum absolute atomic E-state index is 0.0878. The molecule has 2 rings (SSSR count). The first-order valence-electron chi connectivity index (χ1n) is 11.5. The van der Waals surface area contributed by atoms with Crippen LogP contribution < -0.4 is 15.7 Å². The molecule has 5 nitrogen and oxygen atoms in total. The number of aliphatic hydroxyl groups is 1. The second kappa shape index (κ2) is 11.6. The van der Waals surface area contributed by atoms with Crippen LogP contribution in [-0.4, -0.2) is 44.4 Å². The Labute approximate surface area is 200 Å². The Morgan fingerprint density at radius 2 is 1.45 bits per heavy atom. The molecule has 0 saturated carbocycles. The van der Waals surface area contributed by atoms with E-state index in [0.717, 1.165) is 0 Å². The summed E-state index contributed by atoms with van der Waals surface area (Å²) in [4.78, 5) is 12.0. The highest BCUT2D eigenvalue weighted by Crippen LogP contribution is 2.36. The zero-order chi connectivity index (χ0) is 24.5. The second-order valence-corrected chi connectivity index (χ2v) is 14.5. The molecule has 33 heavy (non-hydrogen) atoms. The minimum atomic E-state index is -2.58. The van der Waals surface area contributed by atoms with Gasteiger partial charge < -0.3 is 19.6 Å². The van der Waals surface area contributed by atoms with Gasteiger partial charge in [0.25, 0.3) is 8.32 Å². The van der Waals surface area contributed by atoms with Gasteiger partial charge in [-0.1, -0.05) is 93.6 Å². The summed E-state index contributed by atoms with van der Waals surface area (Å²) in [5, 5.41) is 14.7. The average Bonchev–Trinajstić information content (AvgIpc) is 2.74. The van der Waals surface area contributed by atoms with Crippen molar-refractivity contribution in [2.75, 3.05) is 13.2 Å². The van der Waals surface area contributed by atoms with Crippen LogP contribution in [0.25, 0.3) is 0 Å². The van der Waals surface area contributed by atoms with E-state index >= 15 is 0 Å². The second-order valence-electron chi connectivity index (χ2n) is 10.2. The number of alkyl carbamates (subject to hydrolysis) is 1. The summed E-state index contributed by atoms with van der Waals surface area (Å²) in [5.74, 6) is 0. The molecule has 0 spiro atoms. The Morgan fingerprint density at radius 1 is 0.939 bits per heavy atom. The number of benzene rings is 2. The van der Waals surface area contributed by atoms with E-state index in [9.17, 15) is 9.90 Å². The normalized spacial score (nSPS) is 13.7. The van der Waals surface area contributed by atoms with Crippen LogP contribution in [0.4, 0.5) is 4.79 Å². The molecule has 2 aromatic carbocycles. The van der Waals surface area contributed by atoms with Gasteiger partial charge >= 0.3 is 6.09 Å². The number of carbonyl (C=O) groups excluding carboxylic acids is 1. The molecular weight excluding hydrogens is 430 g/mol. The van der Waals surface area contributed by atoms with Crippen molar-refractivity contribution in [3.05, 3.63) is 72.8 Å². The third-order valence-corrected chi connectivity index (χ3v) is 10.3. The van der Waals surface area contributed by atoms with Crippen LogP contribution in [0, 0.1) is 0 Å². The van der Waals surface area contributed by atoms with E-state index in [-0.39, 0.29) is 11.6 Å². The van der Waals surface area contributed by atoms with Gasteiger partial charge in [0.05, 0.1) is 19.3 Å². The molecule has 0 heterocycles. The lowest BCUT2D eigenvalue weighted by atomic mass is 10.2. The lowest BCUT2D eigenvalue weighted by Gasteiger charge is -2.42. The first-order chi connectivity index (χ1) is 15.5. The molecule has 0 bridgehead atoms. The Kier molecular flexibility index (Phi) is 9.46. The van der Waals surface area contributed by atoms with E-state index in [2.05, 4.69) is 74.6 Å². The summed E-state index contributed by atoms with van der Waals surface area (Å²) in [5.41, 5.74) is -0.580. The van der Waals surface area contributed by atoms with E-state index < -0.39 is 26.1 Å². The van der Waals surface area contributed by atoms with Gasteiger partial charge in [0, 0.05) is 0 Å². The van der Waals surface area contributed by atoms with Gasteiger partial charge in [-0.25, -0.2) is 4.79 Å². The molecule has 0 aliphatic carbocycles. The lowest BCUT2D eigenvalue weighted by Crippen LogP contribution is -2.66. The van der Waals surface area contributed by atoms with Crippen LogP contribution in [0.2, 0.25) is 5.04 Å². The van der Waals surface area contributed by atoms with Crippen LogP contribution in [0.15, 0.2) is 72.8 Å². The Hall–Kier alpha value is -2.41. The quantitative estimate of drug-likeness (QED) is 0.422. The topological polar surface area (TPSA) is 67.8 Å². The van der Waals surface area contributed by atoms with Crippen LogP contribution in [-0.2, 0) is 9.16 Å². The number of amides is 1. The number of nitrogens with one attached hydrogen (secondary N) is 1. The summed E-state index contributed by atoms with van der Waals surface area (Å²) in [6.45, 7) is 12.4. The molecule has 0 fully saturated rings.